The number of sulfonamides is 1. The highest BCUT2D eigenvalue weighted by Gasteiger charge is 2.28. The number of hydrogen-bond acceptors (Lipinski definition) is 5. The Morgan fingerprint density at radius 2 is 1.77 bits per heavy atom. The smallest absolute Gasteiger partial charge is 0.240 e. The van der Waals surface area contributed by atoms with Crippen molar-refractivity contribution in [3.63, 3.8) is 0 Å². The second-order valence-electron chi connectivity index (χ2n) is 9.68. The number of H-pyrrole nitrogens is 1. The Labute approximate surface area is 233 Å². The molecule has 0 atom stereocenters. The first-order chi connectivity index (χ1) is 18.8. The van der Waals surface area contributed by atoms with Gasteiger partial charge in [-0.2, -0.15) is 0 Å². The average molecular weight is 567 g/mol. The number of aromatic nitrogens is 1. The third-order valence-corrected chi connectivity index (χ3v) is 9.00. The molecule has 1 aromatic heterocycles. The fourth-order valence-electron chi connectivity index (χ4n) is 5.18. The minimum Gasteiger partial charge on any atom is -0.356 e. The number of carbonyl (C=O) groups excluding carboxylic acids is 1. The fourth-order valence-corrected chi connectivity index (χ4v) is 6.61. The van der Waals surface area contributed by atoms with E-state index in [1.807, 2.05) is 30.3 Å². The number of hydrogen-bond donors (Lipinski definition) is 2. The molecule has 2 aliphatic heterocycles. The Morgan fingerprint density at radius 3 is 2.36 bits per heavy atom. The molecule has 2 N–H and O–H groups in total. The van der Waals surface area contributed by atoms with Crippen LogP contribution in [0.25, 0.3) is 11.3 Å². The number of amidine groups is 1. The summed E-state index contributed by atoms with van der Waals surface area (Å²) in [6.07, 6.45) is 2.61. The van der Waals surface area contributed by atoms with Gasteiger partial charge in [0.15, 0.2) is 0 Å². The SMILES string of the molecule is C=Nc1[nH]c(-c2ccc(Cl)cc2)cc1C(=NC)N1CCC(NS(=O)(=O)c2ccc(N3CCCC3=O)cc2)CC1. The Kier molecular flexibility index (Phi) is 7.88. The van der Waals surface area contributed by atoms with Crippen molar-refractivity contribution in [2.45, 2.75) is 36.6 Å². The number of piperidine rings is 1. The maximum atomic E-state index is 13.1. The van der Waals surface area contributed by atoms with Crippen molar-refractivity contribution in [3.05, 3.63) is 65.2 Å². The van der Waals surface area contributed by atoms with Crippen LogP contribution in [0.15, 0.2) is 69.5 Å². The molecule has 2 saturated heterocycles. The van der Waals surface area contributed by atoms with Crippen LogP contribution in [-0.2, 0) is 14.8 Å². The Morgan fingerprint density at radius 1 is 1.08 bits per heavy atom. The molecule has 11 heteroatoms. The van der Waals surface area contributed by atoms with E-state index in [1.54, 1.807) is 36.2 Å². The maximum Gasteiger partial charge on any atom is 0.240 e. The van der Waals surface area contributed by atoms with Gasteiger partial charge in [0.1, 0.15) is 11.7 Å². The van der Waals surface area contributed by atoms with Crippen LogP contribution in [0.4, 0.5) is 11.5 Å². The van der Waals surface area contributed by atoms with E-state index in [0.717, 1.165) is 34.8 Å². The summed E-state index contributed by atoms with van der Waals surface area (Å²) >= 11 is 6.04. The molecular formula is C28H31ClN6O3S. The summed E-state index contributed by atoms with van der Waals surface area (Å²) in [6.45, 7) is 5.65. The normalized spacial score (nSPS) is 17.2. The molecular weight excluding hydrogens is 536 g/mol. The molecule has 0 bridgehead atoms. The van der Waals surface area contributed by atoms with Gasteiger partial charge in [0.05, 0.1) is 10.5 Å². The van der Waals surface area contributed by atoms with Crippen LogP contribution in [0.2, 0.25) is 5.02 Å². The maximum absolute atomic E-state index is 13.1. The van der Waals surface area contributed by atoms with Crippen LogP contribution in [0.5, 0.6) is 0 Å². The van der Waals surface area contributed by atoms with Gasteiger partial charge < -0.3 is 14.8 Å². The van der Waals surface area contributed by atoms with Crippen LogP contribution in [0.3, 0.4) is 0 Å². The number of likely N-dealkylation sites (tertiary alicyclic amines) is 1. The molecule has 0 radical (unpaired) electrons. The molecule has 0 aliphatic carbocycles. The van der Waals surface area contributed by atoms with E-state index >= 15 is 0 Å². The highest BCUT2D eigenvalue weighted by Crippen LogP contribution is 2.30. The molecule has 2 aliphatic rings. The van der Waals surface area contributed by atoms with Gasteiger partial charge in [0.25, 0.3) is 0 Å². The second kappa shape index (κ2) is 11.3. The van der Waals surface area contributed by atoms with Crippen molar-refractivity contribution in [1.82, 2.24) is 14.6 Å². The molecule has 0 saturated carbocycles. The van der Waals surface area contributed by atoms with Gasteiger partial charge in [-0.15, -0.1) is 0 Å². The number of rotatable bonds is 7. The van der Waals surface area contributed by atoms with E-state index < -0.39 is 10.0 Å². The number of carbonyl (C=O) groups is 1. The topological polar surface area (TPSA) is 110 Å². The van der Waals surface area contributed by atoms with E-state index in [4.69, 9.17) is 11.6 Å². The largest absolute Gasteiger partial charge is 0.356 e. The number of anilines is 1. The number of aromatic amines is 1. The van der Waals surface area contributed by atoms with Gasteiger partial charge in [0.2, 0.25) is 15.9 Å². The first kappa shape index (κ1) is 27.1. The zero-order chi connectivity index (χ0) is 27.6. The van der Waals surface area contributed by atoms with Gasteiger partial charge >= 0.3 is 0 Å². The molecule has 3 heterocycles. The van der Waals surface area contributed by atoms with E-state index in [9.17, 15) is 13.2 Å². The van der Waals surface area contributed by atoms with Crippen molar-refractivity contribution in [2.75, 3.05) is 31.6 Å². The number of amides is 1. The summed E-state index contributed by atoms with van der Waals surface area (Å²) in [7, 11) is -1.95. The van der Waals surface area contributed by atoms with Crippen LogP contribution in [0, 0.1) is 0 Å². The van der Waals surface area contributed by atoms with Crippen molar-refractivity contribution in [2.24, 2.45) is 9.98 Å². The number of benzene rings is 2. The summed E-state index contributed by atoms with van der Waals surface area (Å²) < 4.78 is 29.0. The Balaban J connectivity index is 1.24. The number of nitrogens with one attached hydrogen (secondary N) is 2. The highest BCUT2D eigenvalue weighted by atomic mass is 35.5. The minimum atomic E-state index is -3.69. The molecule has 5 rings (SSSR count). The summed E-state index contributed by atoms with van der Waals surface area (Å²) in [6, 6.07) is 15.9. The Hall–Kier alpha value is -3.47. The minimum absolute atomic E-state index is 0.0716. The number of nitrogens with zero attached hydrogens (tertiary/aromatic N) is 4. The molecule has 9 nitrogen and oxygen atoms in total. The highest BCUT2D eigenvalue weighted by molar-refractivity contribution is 7.89. The number of halogens is 1. The van der Waals surface area contributed by atoms with Crippen molar-refractivity contribution in [3.8, 4) is 11.3 Å². The molecule has 2 aromatic carbocycles. The zero-order valence-electron chi connectivity index (χ0n) is 21.7. The molecule has 1 amide bonds. The van der Waals surface area contributed by atoms with Crippen LogP contribution < -0.4 is 9.62 Å². The molecule has 39 heavy (non-hydrogen) atoms. The summed E-state index contributed by atoms with van der Waals surface area (Å²) in [5, 5.41) is 0.664. The lowest BCUT2D eigenvalue weighted by Gasteiger charge is -2.34. The first-order valence-electron chi connectivity index (χ1n) is 12.9. The van der Waals surface area contributed by atoms with Gasteiger partial charge in [-0.3, -0.25) is 9.79 Å². The molecule has 3 aromatic rings. The van der Waals surface area contributed by atoms with Crippen LogP contribution in [0.1, 0.15) is 31.2 Å². The van der Waals surface area contributed by atoms with Crippen LogP contribution >= 0.6 is 11.6 Å². The fraction of sp³-hybridized carbons (Fsp3) is 0.321. The summed E-state index contributed by atoms with van der Waals surface area (Å²) in [5.74, 6) is 1.48. The van der Waals surface area contributed by atoms with Crippen molar-refractivity contribution in [1.29, 1.82) is 0 Å². The quantitative estimate of drug-likeness (QED) is 0.321. The number of aliphatic imine (C=N–C) groups is 2. The molecule has 2 fully saturated rings. The lowest BCUT2D eigenvalue weighted by atomic mass is 10.0. The summed E-state index contributed by atoms with van der Waals surface area (Å²) in [4.78, 5) is 28.1. The van der Waals surface area contributed by atoms with E-state index in [2.05, 4.69) is 31.3 Å². The van der Waals surface area contributed by atoms with Gasteiger partial charge in [-0.1, -0.05) is 23.7 Å². The van der Waals surface area contributed by atoms with Gasteiger partial charge in [-0.05, 0) is 74.0 Å². The molecule has 0 spiro atoms. The lowest BCUT2D eigenvalue weighted by Crippen LogP contribution is -2.46. The Bertz CT molecular complexity index is 1490. The monoisotopic (exact) mass is 566 g/mol. The van der Waals surface area contributed by atoms with E-state index in [1.165, 1.54) is 0 Å². The van der Waals surface area contributed by atoms with E-state index in [-0.39, 0.29) is 16.8 Å². The summed E-state index contributed by atoms with van der Waals surface area (Å²) in [5.41, 5.74) is 3.42. The van der Waals surface area contributed by atoms with Crippen LogP contribution in [-0.4, -0.2) is 69.5 Å². The van der Waals surface area contributed by atoms with Gasteiger partial charge in [-0.25, -0.2) is 18.1 Å². The van der Waals surface area contributed by atoms with Crippen molar-refractivity contribution < 1.29 is 13.2 Å². The van der Waals surface area contributed by atoms with E-state index in [0.29, 0.717) is 49.7 Å². The molecule has 0 unspecified atom stereocenters. The average Bonchev–Trinajstić information content (AvgIpc) is 3.57. The molecule has 204 valence electrons. The predicted molar refractivity (Wildman–Crippen MR) is 156 cm³/mol. The first-order valence-corrected chi connectivity index (χ1v) is 14.8. The van der Waals surface area contributed by atoms with Crippen molar-refractivity contribution >= 4 is 51.6 Å². The predicted octanol–water partition coefficient (Wildman–Crippen LogP) is 4.61. The lowest BCUT2D eigenvalue weighted by molar-refractivity contribution is -0.117. The third-order valence-electron chi connectivity index (χ3n) is 7.21. The third kappa shape index (κ3) is 5.78. The second-order valence-corrected chi connectivity index (χ2v) is 11.8. The standard InChI is InChI=1S/C28H31ClN6O3S/c1-30-27-24(18-25(32-27)19-5-7-20(29)8-6-19)28(31-2)34-16-13-21(14-17-34)33-39(37,38)23-11-9-22(10-12-23)35-15-3-4-26(35)36/h5-12,18,21,32-33H,1,3-4,13-17H2,2H3. The van der Waals surface area contributed by atoms with Gasteiger partial charge in [0, 0.05) is 55.5 Å². The zero-order valence-corrected chi connectivity index (χ0v) is 23.3.